The lowest BCUT2D eigenvalue weighted by atomic mass is 10.1. The fourth-order valence-electron chi connectivity index (χ4n) is 2.63. The van der Waals surface area contributed by atoms with Crippen molar-refractivity contribution in [2.75, 3.05) is 35.0 Å². The van der Waals surface area contributed by atoms with E-state index in [0.717, 1.165) is 11.1 Å². The van der Waals surface area contributed by atoms with E-state index in [1.807, 2.05) is 31.2 Å². The Balaban J connectivity index is 2.03. The first kappa shape index (κ1) is 21.1. The van der Waals surface area contributed by atoms with Crippen LogP contribution in [0.2, 0.25) is 0 Å². The van der Waals surface area contributed by atoms with Crippen LogP contribution in [-0.4, -0.2) is 51.8 Å². The molecule has 0 saturated heterocycles. The summed E-state index contributed by atoms with van der Waals surface area (Å²) < 4.78 is 20.9. The average Bonchev–Trinajstić information content (AvgIpc) is 2.71. The van der Waals surface area contributed by atoms with Gasteiger partial charge in [-0.15, -0.1) is 0 Å². The van der Waals surface area contributed by atoms with E-state index in [4.69, 9.17) is 18.9 Å². The standard InChI is InChI=1S/C21H25NO6/c1-14-6-8-15(9-7-14)12-22(2)18(23)13-28-21(24)16-10-11-17(25-3)20(27-5)19(16)26-4/h6-11H,12-13H2,1-5H3. The molecule has 0 aliphatic rings. The maximum Gasteiger partial charge on any atom is 0.342 e. The highest BCUT2D eigenvalue weighted by atomic mass is 16.5. The van der Waals surface area contributed by atoms with Gasteiger partial charge in [-0.25, -0.2) is 4.79 Å². The lowest BCUT2D eigenvalue weighted by molar-refractivity contribution is -0.133. The number of likely N-dealkylation sites (N-methyl/N-ethyl adjacent to an activating group) is 1. The Bertz CT molecular complexity index is 832. The highest BCUT2D eigenvalue weighted by Crippen LogP contribution is 2.39. The van der Waals surface area contributed by atoms with E-state index < -0.39 is 5.97 Å². The summed E-state index contributed by atoms with van der Waals surface area (Å²) in [5.41, 5.74) is 2.29. The highest BCUT2D eigenvalue weighted by molar-refractivity contribution is 5.95. The normalized spacial score (nSPS) is 10.2. The van der Waals surface area contributed by atoms with Crippen LogP contribution in [0.3, 0.4) is 0 Å². The molecule has 150 valence electrons. The molecule has 7 heteroatoms. The van der Waals surface area contributed by atoms with Gasteiger partial charge in [-0.3, -0.25) is 4.79 Å². The molecule has 2 aromatic carbocycles. The van der Waals surface area contributed by atoms with Crippen molar-refractivity contribution in [1.29, 1.82) is 0 Å². The number of rotatable bonds is 8. The van der Waals surface area contributed by atoms with Gasteiger partial charge in [0, 0.05) is 13.6 Å². The molecule has 0 saturated carbocycles. The number of carbonyl (C=O) groups excluding carboxylic acids is 2. The van der Waals surface area contributed by atoms with Crippen molar-refractivity contribution in [3.63, 3.8) is 0 Å². The maximum absolute atomic E-state index is 12.4. The summed E-state index contributed by atoms with van der Waals surface area (Å²) in [4.78, 5) is 26.3. The van der Waals surface area contributed by atoms with Gasteiger partial charge in [0.2, 0.25) is 5.75 Å². The fourth-order valence-corrected chi connectivity index (χ4v) is 2.63. The molecule has 0 aromatic heterocycles. The van der Waals surface area contributed by atoms with E-state index >= 15 is 0 Å². The highest BCUT2D eigenvalue weighted by Gasteiger charge is 2.22. The SMILES string of the molecule is COc1ccc(C(=O)OCC(=O)N(C)Cc2ccc(C)cc2)c(OC)c1OC. The Kier molecular flexibility index (Phi) is 7.26. The monoisotopic (exact) mass is 387 g/mol. The predicted molar refractivity (Wildman–Crippen MR) is 104 cm³/mol. The molecule has 2 rings (SSSR count). The zero-order valence-electron chi connectivity index (χ0n) is 16.8. The van der Waals surface area contributed by atoms with Crippen molar-refractivity contribution in [2.24, 2.45) is 0 Å². The number of ether oxygens (including phenoxy) is 4. The van der Waals surface area contributed by atoms with Crippen LogP contribution in [0.4, 0.5) is 0 Å². The number of carbonyl (C=O) groups is 2. The van der Waals surface area contributed by atoms with Crippen LogP contribution in [0.1, 0.15) is 21.5 Å². The predicted octanol–water partition coefficient (Wildman–Crippen LogP) is 2.84. The molecule has 2 aromatic rings. The molecular weight excluding hydrogens is 362 g/mol. The minimum absolute atomic E-state index is 0.147. The van der Waals surface area contributed by atoms with Gasteiger partial charge in [-0.1, -0.05) is 29.8 Å². The molecule has 0 radical (unpaired) electrons. The van der Waals surface area contributed by atoms with Gasteiger partial charge in [-0.05, 0) is 24.6 Å². The van der Waals surface area contributed by atoms with Crippen LogP contribution in [0.15, 0.2) is 36.4 Å². The number of hydrogen-bond donors (Lipinski definition) is 0. The number of benzene rings is 2. The number of methoxy groups -OCH3 is 3. The van der Waals surface area contributed by atoms with Crippen LogP contribution in [-0.2, 0) is 16.1 Å². The van der Waals surface area contributed by atoms with E-state index in [0.29, 0.717) is 12.3 Å². The Hall–Kier alpha value is -3.22. The molecule has 0 bridgehead atoms. The van der Waals surface area contributed by atoms with Crippen LogP contribution < -0.4 is 14.2 Å². The van der Waals surface area contributed by atoms with E-state index in [1.54, 1.807) is 13.1 Å². The molecule has 0 N–H and O–H groups in total. The van der Waals surface area contributed by atoms with Gasteiger partial charge in [0.15, 0.2) is 18.1 Å². The number of amides is 1. The van der Waals surface area contributed by atoms with E-state index in [-0.39, 0.29) is 29.6 Å². The second-order valence-corrected chi connectivity index (χ2v) is 6.19. The second kappa shape index (κ2) is 9.64. The van der Waals surface area contributed by atoms with Crippen LogP contribution >= 0.6 is 0 Å². The van der Waals surface area contributed by atoms with Crippen LogP contribution in [0.5, 0.6) is 17.2 Å². The smallest absolute Gasteiger partial charge is 0.342 e. The lowest BCUT2D eigenvalue weighted by Crippen LogP contribution is -2.30. The van der Waals surface area contributed by atoms with Crippen molar-refractivity contribution in [1.82, 2.24) is 4.90 Å². The molecule has 0 unspecified atom stereocenters. The minimum atomic E-state index is -0.685. The Morgan fingerprint density at radius 2 is 1.54 bits per heavy atom. The summed E-state index contributed by atoms with van der Waals surface area (Å²) in [6, 6.07) is 11.0. The number of nitrogens with zero attached hydrogens (tertiary/aromatic N) is 1. The van der Waals surface area contributed by atoms with Gasteiger partial charge >= 0.3 is 5.97 Å². The van der Waals surface area contributed by atoms with E-state index in [1.165, 1.54) is 32.3 Å². The average molecular weight is 387 g/mol. The van der Waals surface area contributed by atoms with Gasteiger partial charge in [-0.2, -0.15) is 0 Å². The topological polar surface area (TPSA) is 74.3 Å². The number of esters is 1. The quantitative estimate of drug-likeness (QED) is 0.649. The third-order valence-electron chi connectivity index (χ3n) is 4.22. The molecule has 28 heavy (non-hydrogen) atoms. The maximum atomic E-state index is 12.4. The van der Waals surface area contributed by atoms with E-state index in [9.17, 15) is 9.59 Å². The van der Waals surface area contributed by atoms with Gasteiger partial charge in [0.1, 0.15) is 5.56 Å². The van der Waals surface area contributed by atoms with Crippen LogP contribution in [0.25, 0.3) is 0 Å². The third-order valence-corrected chi connectivity index (χ3v) is 4.22. The van der Waals surface area contributed by atoms with Gasteiger partial charge < -0.3 is 23.8 Å². The van der Waals surface area contributed by atoms with Crippen molar-refractivity contribution >= 4 is 11.9 Å². The van der Waals surface area contributed by atoms with E-state index in [2.05, 4.69) is 0 Å². The zero-order valence-corrected chi connectivity index (χ0v) is 16.8. The largest absolute Gasteiger partial charge is 0.493 e. The number of hydrogen-bond acceptors (Lipinski definition) is 6. The fraction of sp³-hybridized carbons (Fsp3) is 0.333. The lowest BCUT2D eigenvalue weighted by Gasteiger charge is -2.18. The molecule has 0 aliphatic carbocycles. The summed E-state index contributed by atoms with van der Waals surface area (Å²) in [5, 5.41) is 0. The first-order valence-corrected chi connectivity index (χ1v) is 8.66. The van der Waals surface area contributed by atoms with Gasteiger partial charge in [0.05, 0.1) is 21.3 Å². The molecule has 0 heterocycles. The second-order valence-electron chi connectivity index (χ2n) is 6.19. The summed E-state index contributed by atoms with van der Waals surface area (Å²) in [6.45, 7) is 2.05. The molecule has 0 fully saturated rings. The van der Waals surface area contributed by atoms with Crippen molar-refractivity contribution in [3.05, 3.63) is 53.1 Å². The minimum Gasteiger partial charge on any atom is -0.493 e. The summed E-state index contributed by atoms with van der Waals surface area (Å²) in [6.07, 6.45) is 0. The Morgan fingerprint density at radius 3 is 2.11 bits per heavy atom. The zero-order chi connectivity index (χ0) is 20.7. The number of aryl methyl sites for hydroxylation is 1. The Labute approximate surface area is 164 Å². The molecule has 7 nitrogen and oxygen atoms in total. The Morgan fingerprint density at radius 1 is 0.893 bits per heavy atom. The summed E-state index contributed by atoms with van der Waals surface area (Å²) in [5.74, 6) is -0.109. The summed E-state index contributed by atoms with van der Waals surface area (Å²) >= 11 is 0. The van der Waals surface area contributed by atoms with Crippen molar-refractivity contribution < 1.29 is 28.5 Å². The molecule has 0 spiro atoms. The van der Waals surface area contributed by atoms with Crippen molar-refractivity contribution in [3.8, 4) is 17.2 Å². The molecule has 0 atom stereocenters. The first-order valence-electron chi connectivity index (χ1n) is 8.66. The van der Waals surface area contributed by atoms with Crippen LogP contribution in [0, 0.1) is 6.92 Å². The van der Waals surface area contributed by atoms with Gasteiger partial charge in [0.25, 0.3) is 5.91 Å². The molecule has 0 aliphatic heterocycles. The van der Waals surface area contributed by atoms with Crippen molar-refractivity contribution in [2.45, 2.75) is 13.5 Å². The summed E-state index contributed by atoms with van der Waals surface area (Å²) in [7, 11) is 6.00. The molecular formula is C21H25NO6. The molecule has 1 amide bonds. The third kappa shape index (κ3) is 4.94. The first-order chi connectivity index (χ1) is 13.4.